The molecule has 5 heteroatoms. The van der Waals surface area contributed by atoms with Crippen molar-refractivity contribution >= 4 is 11.9 Å². The molecular formula is C26H43NO4. The molecule has 0 aromatic rings. The van der Waals surface area contributed by atoms with Crippen molar-refractivity contribution in [1.82, 2.24) is 5.32 Å². The Morgan fingerprint density at radius 2 is 1.84 bits per heavy atom. The summed E-state index contributed by atoms with van der Waals surface area (Å²) < 4.78 is 34.2. The minimum atomic E-state index is -1.93. The SMILES string of the molecule is [2H]C1([2H])C[C@@]2(C)C(CC[C@H]3[C@@H]4CC[C@H]([C@H](C)CCC(=O)NCC(=O)O)[C@@]4(C)CC[C@@H]32)C([2H])([2H])[C@@H]1O. The highest BCUT2D eigenvalue weighted by atomic mass is 16.4. The number of carbonyl (C=O) groups is 2. The first-order valence-corrected chi connectivity index (χ1v) is 12.3. The van der Waals surface area contributed by atoms with E-state index in [0.717, 1.165) is 38.5 Å². The van der Waals surface area contributed by atoms with Crippen LogP contribution in [-0.2, 0) is 9.59 Å². The van der Waals surface area contributed by atoms with Crippen LogP contribution in [0.5, 0.6) is 0 Å². The van der Waals surface area contributed by atoms with Crippen LogP contribution in [0.2, 0.25) is 0 Å². The number of carboxylic acid groups (broad SMARTS) is 1. The van der Waals surface area contributed by atoms with Crippen LogP contribution in [0.15, 0.2) is 0 Å². The fourth-order valence-corrected chi connectivity index (χ4v) is 8.35. The second-order valence-corrected chi connectivity index (χ2v) is 11.4. The van der Waals surface area contributed by atoms with Crippen molar-refractivity contribution in [2.75, 3.05) is 6.54 Å². The molecule has 0 aromatic carbocycles. The number of carboxylic acids is 1. The highest BCUT2D eigenvalue weighted by Crippen LogP contribution is 2.68. The standard InChI is InChI=1S/C26H43NO4/c1-16(4-9-23(29)27-15-24(30)31)20-7-8-21-19-6-5-17-14-18(28)10-12-25(17,2)22(19)11-13-26(20,21)3/h16-22,28H,4-15H2,1-3H3,(H,27,29)(H,30,31)/t16-,17?,18-,19+,20-,21+,22+,25+,26-/m1/s1/i10D2,14D2. The lowest BCUT2D eigenvalue weighted by atomic mass is 9.44. The van der Waals surface area contributed by atoms with Gasteiger partial charge in [-0.1, -0.05) is 20.8 Å². The first kappa shape index (κ1) is 18.3. The van der Waals surface area contributed by atoms with Crippen molar-refractivity contribution in [2.45, 2.75) is 97.4 Å². The highest BCUT2D eigenvalue weighted by Gasteiger charge is 2.60. The van der Waals surface area contributed by atoms with E-state index in [1.54, 1.807) is 0 Å². The molecule has 4 aliphatic carbocycles. The molecule has 1 unspecified atom stereocenters. The summed E-state index contributed by atoms with van der Waals surface area (Å²) in [7, 11) is 0. The molecule has 4 rings (SSSR count). The summed E-state index contributed by atoms with van der Waals surface area (Å²) in [5.74, 6) is 0.536. The summed E-state index contributed by atoms with van der Waals surface area (Å²) in [5.41, 5.74) is -0.296. The lowest BCUT2D eigenvalue weighted by Gasteiger charge is -2.61. The summed E-state index contributed by atoms with van der Waals surface area (Å²) in [4.78, 5) is 22.8. The number of fused-ring (bicyclic) bond motifs is 5. The Kier molecular flexibility index (Phi) is 5.14. The topological polar surface area (TPSA) is 86.6 Å². The van der Waals surface area contributed by atoms with E-state index >= 15 is 0 Å². The Balaban J connectivity index is 1.48. The number of rotatable bonds is 6. The van der Waals surface area contributed by atoms with Gasteiger partial charge in [0.1, 0.15) is 6.54 Å². The molecule has 4 saturated carbocycles. The number of hydrogen-bond acceptors (Lipinski definition) is 3. The number of aliphatic hydroxyl groups is 1. The van der Waals surface area contributed by atoms with Gasteiger partial charge in [0.2, 0.25) is 5.91 Å². The van der Waals surface area contributed by atoms with Crippen LogP contribution in [-0.4, -0.2) is 34.7 Å². The maximum atomic E-state index is 12.1. The van der Waals surface area contributed by atoms with E-state index in [0.29, 0.717) is 36.5 Å². The largest absolute Gasteiger partial charge is 0.480 e. The molecule has 5 nitrogen and oxygen atoms in total. The maximum Gasteiger partial charge on any atom is 0.322 e. The lowest BCUT2D eigenvalue weighted by Crippen LogP contribution is -2.54. The summed E-state index contributed by atoms with van der Waals surface area (Å²) in [5, 5.41) is 21.8. The Morgan fingerprint density at radius 3 is 2.58 bits per heavy atom. The molecule has 0 spiro atoms. The molecule has 0 aromatic heterocycles. The quantitative estimate of drug-likeness (QED) is 0.566. The number of carbonyl (C=O) groups excluding carboxylic acids is 1. The van der Waals surface area contributed by atoms with Gasteiger partial charge in [-0.2, -0.15) is 0 Å². The van der Waals surface area contributed by atoms with E-state index < -0.39 is 30.2 Å². The number of amides is 1. The second-order valence-electron chi connectivity index (χ2n) is 11.4. The van der Waals surface area contributed by atoms with Crippen LogP contribution >= 0.6 is 0 Å². The Morgan fingerprint density at radius 1 is 1.10 bits per heavy atom. The van der Waals surface area contributed by atoms with Crippen LogP contribution in [0.1, 0.15) is 96.8 Å². The van der Waals surface area contributed by atoms with E-state index in [1.807, 2.05) is 0 Å². The summed E-state index contributed by atoms with van der Waals surface area (Å²) >= 11 is 0. The molecule has 31 heavy (non-hydrogen) atoms. The zero-order chi connectivity index (χ0) is 26.0. The van der Waals surface area contributed by atoms with Gasteiger partial charge in [0, 0.05) is 11.9 Å². The zero-order valence-electron chi connectivity index (χ0n) is 23.3. The minimum absolute atomic E-state index is 0.160. The maximum absolute atomic E-state index is 12.1. The van der Waals surface area contributed by atoms with E-state index in [9.17, 15) is 14.7 Å². The molecule has 1 amide bonds. The van der Waals surface area contributed by atoms with Crippen molar-refractivity contribution < 1.29 is 25.3 Å². The molecule has 0 bridgehead atoms. The summed E-state index contributed by atoms with van der Waals surface area (Å²) in [6.07, 6.45) is 1.77. The molecule has 0 aliphatic heterocycles. The molecule has 0 saturated heterocycles. The predicted molar refractivity (Wildman–Crippen MR) is 120 cm³/mol. The van der Waals surface area contributed by atoms with Gasteiger partial charge in [-0.15, -0.1) is 0 Å². The van der Waals surface area contributed by atoms with Crippen LogP contribution in [0.25, 0.3) is 0 Å². The third-order valence-electron chi connectivity index (χ3n) is 9.93. The highest BCUT2D eigenvalue weighted by molar-refractivity contribution is 5.81. The molecule has 4 aliphatic rings. The average Bonchev–Trinajstić information content (AvgIpc) is 3.11. The number of aliphatic hydroxyl groups excluding tert-OH is 1. The van der Waals surface area contributed by atoms with Crippen molar-refractivity contribution in [3.63, 3.8) is 0 Å². The van der Waals surface area contributed by atoms with Crippen molar-refractivity contribution in [1.29, 1.82) is 0 Å². The van der Waals surface area contributed by atoms with Crippen LogP contribution in [0.4, 0.5) is 0 Å². The number of aliphatic carboxylic acids is 1. The Bertz CT molecular complexity index is 853. The first-order valence-electron chi connectivity index (χ1n) is 14.3. The van der Waals surface area contributed by atoms with Gasteiger partial charge in [-0.3, -0.25) is 9.59 Å². The van der Waals surface area contributed by atoms with Crippen molar-refractivity contribution in [3.8, 4) is 0 Å². The van der Waals surface area contributed by atoms with Gasteiger partial charge in [0.25, 0.3) is 0 Å². The number of nitrogens with one attached hydrogen (secondary N) is 1. The van der Waals surface area contributed by atoms with Gasteiger partial charge in [-0.25, -0.2) is 0 Å². The third kappa shape index (κ3) is 4.16. The van der Waals surface area contributed by atoms with Gasteiger partial charge < -0.3 is 15.5 Å². The Labute approximate surface area is 193 Å². The second kappa shape index (κ2) is 8.68. The lowest BCUT2D eigenvalue weighted by molar-refractivity contribution is -0.138. The smallest absolute Gasteiger partial charge is 0.322 e. The van der Waals surface area contributed by atoms with Crippen LogP contribution in [0.3, 0.4) is 0 Å². The van der Waals surface area contributed by atoms with E-state index in [-0.39, 0.29) is 36.1 Å². The fraction of sp³-hybridized carbons (Fsp3) is 0.923. The zero-order valence-corrected chi connectivity index (χ0v) is 19.3. The molecular weight excluding hydrogens is 390 g/mol. The summed E-state index contributed by atoms with van der Waals surface area (Å²) in [6.45, 7) is 6.39. The predicted octanol–water partition coefficient (Wildman–Crippen LogP) is 4.62. The van der Waals surface area contributed by atoms with Gasteiger partial charge in [-0.05, 0) is 110 Å². The Hall–Kier alpha value is -1.10. The molecule has 9 atom stereocenters. The van der Waals surface area contributed by atoms with E-state index in [4.69, 9.17) is 10.6 Å². The van der Waals surface area contributed by atoms with E-state index in [2.05, 4.69) is 26.1 Å². The van der Waals surface area contributed by atoms with Gasteiger partial charge in [0.05, 0.1) is 6.10 Å². The normalized spacial score (nSPS) is 50.3. The third-order valence-corrected chi connectivity index (χ3v) is 9.93. The molecule has 0 radical (unpaired) electrons. The molecule has 0 heterocycles. The van der Waals surface area contributed by atoms with E-state index in [1.165, 1.54) is 0 Å². The molecule has 4 fully saturated rings. The minimum Gasteiger partial charge on any atom is -0.480 e. The fourth-order valence-electron chi connectivity index (χ4n) is 8.35. The van der Waals surface area contributed by atoms with Gasteiger partial charge >= 0.3 is 5.97 Å². The monoisotopic (exact) mass is 437 g/mol. The van der Waals surface area contributed by atoms with Crippen molar-refractivity contribution in [3.05, 3.63) is 0 Å². The average molecular weight is 438 g/mol. The first-order chi connectivity index (χ1) is 16.1. The number of hydrogen-bond donors (Lipinski definition) is 3. The molecule has 176 valence electrons. The van der Waals surface area contributed by atoms with Gasteiger partial charge in [0.15, 0.2) is 0 Å². The summed E-state index contributed by atoms with van der Waals surface area (Å²) in [6, 6.07) is 0. The molecule has 3 N–H and O–H groups in total. The van der Waals surface area contributed by atoms with Crippen LogP contribution in [0, 0.1) is 46.3 Å². The van der Waals surface area contributed by atoms with Crippen LogP contribution < -0.4 is 5.32 Å². The van der Waals surface area contributed by atoms with Crippen molar-refractivity contribution in [2.24, 2.45) is 46.3 Å².